The van der Waals surface area contributed by atoms with Crippen LogP contribution in [0.3, 0.4) is 0 Å². The highest BCUT2D eigenvalue weighted by atomic mass is 16.3. The van der Waals surface area contributed by atoms with E-state index >= 15 is 0 Å². The molecule has 0 radical (unpaired) electrons. The summed E-state index contributed by atoms with van der Waals surface area (Å²) in [6.45, 7) is 0.0590. The molecule has 0 unspecified atom stereocenters. The molecule has 6 nitrogen and oxygen atoms in total. The van der Waals surface area contributed by atoms with Gasteiger partial charge in [-0.1, -0.05) is 42.5 Å². The highest BCUT2D eigenvalue weighted by Gasteiger charge is 2.46. The maximum atomic E-state index is 12.8. The first-order valence-electron chi connectivity index (χ1n) is 8.71. The third-order valence-corrected chi connectivity index (χ3v) is 4.68. The minimum absolute atomic E-state index is 0.000738. The van der Waals surface area contributed by atoms with Gasteiger partial charge in [-0.2, -0.15) is 0 Å². The Morgan fingerprint density at radius 3 is 2.46 bits per heavy atom. The molecule has 2 heterocycles. The summed E-state index contributed by atoms with van der Waals surface area (Å²) in [4.78, 5) is 26.9. The lowest BCUT2D eigenvalue weighted by molar-refractivity contribution is -0.140. The average molecular weight is 375 g/mol. The molecule has 1 aromatic heterocycles. The third kappa shape index (κ3) is 3.05. The molecule has 2 aromatic carbocycles. The number of likely N-dealkylation sites (tertiary alicyclic amines) is 1. The average Bonchev–Trinajstić information content (AvgIpc) is 3.30. The number of Topliss-reactive ketones (excluding diaryl/α,β-unsaturated/α-hetero) is 1. The van der Waals surface area contributed by atoms with Crippen molar-refractivity contribution in [1.29, 1.82) is 0 Å². The van der Waals surface area contributed by atoms with Gasteiger partial charge in [-0.25, -0.2) is 0 Å². The van der Waals surface area contributed by atoms with Crippen molar-refractivity contribution in [3.63, 3.8) is 0 Å². The molecular formula is C22H17NO5. The van der Waals surface area contributed by atoms with Crippen LogP contribution in [0.5, 0.6) is 5.75 Å². The van der Waals surface area contributed by atoms with E-state index in [9.17, 15) is 19.8 Å². The number of nitrogens with zero attached hydrogens (tertiary/aromatic N) is 1. The van der Waals surface area contributed by atoms with Crippen molar-refractivity contribution in [3.8, 4) is 5.75 Å². The number of phenolic OH excluding ortho intramolecular Hbond substituents is 1. The lowest BCUT2D eigenvalue weighted by Crippen LogP contribution is -2.29. The van der Waals surface area contributed by atoms with E-state index in [1.54, 1.807) is 54.6 Å². The number of phenols is 1. The summed E-state index contributed by atoms with van der Waals surface area (Å²) in [5, 5.41) is 20.8. The Bertz CT molecular complexity index is 1050. The Morgan fingerprint density at radius 1 is 1.00 bits per heavy atom. The molecule has 1 saturated heterocycles. The quantitative estimate of drug-likeness (QED) is 0.413. The van der Waals surface area contributed by atoms with Crippen molar-refractivity contribution in [2.45, 2.75) is 12.6 Å². The fraction of sp³-hybridized carbons (Fsp3) is 0.0909. The van der Waals surface area contributed by atoms with Crippen LogP contribution < -0.4 is 0 Å². The molecule has 0 bridgehead atoms. The van der Waals surface area contributed by atoms with Gasteiger partial charge >= 0.3 is 0 Å². The zero-order chi connectivity index (χ0) is 19.7. The first kappa shape index (κ1) is 17.6. The Balaban J connectivity index is 1.88. The largest absolute Gasteiger partial charge is 0.508 e. The van der Waals surface area contributed by atoms with Crippen LogP contribution in [-0.2, 0) is 16.1 Å². The van der Waals surface area contributed by atoms with Crippen LogP contribution in [0.25, 0.3) is 5.76 Å². The summed E-state index contributed by atoms with van der Waals surface area (Å²) in [6.07, 6.45) is 1.49. The van der Waals surface area contributed by atoms with E-state index in [0.717, 1.165) is 0 Å². The van der Waals surface area contributed by atoms with Gasteiger partial charge in [0, 0.05) is 5.56 Å². The lowest BCUT2D eigenvalue weighted by atomic mass is 9.95. The highest BCUT2D eigenvalue weighted by molar-refractivity contribution is 6.46. The normalized spacial score (nSPS) is 18.6. The summed E-state index contributed by atoms with van der Waals surface area (Å²) in [7, 11) is 0. The Kier molecular flexibility index (Phi) is 4.45. The van der Waals surface area contributed by atoms with Crippen LogP contribution in [0, 0.1) is 0 Å². The summed E-state index contributed by atoms with van der Waals surface area (Å²) >= 11 is 0. The molecule has 1 aliphatic heterocycles. The zero-order valence-electron chi connectivity index (χ0n) is 14.8. The van der Waals surface area contributed by atoms with E-state index in [-0.39, 0.29) is 23.6 Å². The van der Waals surface area contributed by atoms with Crippen LogP contribution in [0.2, 0.25) is 0 Å². The van der Waals surface area contributed by atoms with Crippen molar-refractivity contribution >= 4 is 17.4 Å². The molecule has 28 heavy (non-hydrogen) atoms. The number of aliphatic hydroxyl groups excluding tert-OH is 1. The van der Waals surface area contributed by atoms with Crippen molar-refractivity contribution in [2.24, 2.45) is 0 Å². The Labute approximate surface area is 161 Å². The molecule has 1 aliphatic rings. The van der Waals surface area contributed by atoms with E-state index in [0.29, 0.717) is 16.9 Å². The second-order valence-corrected chi connectivity index (χ2v) is 6.47. The molecule has 140 valence electrons. The van der Waals surface area contributed by atoms with E-state index < -0.39 is 17.7 Å². The van der Waals surface area contributed by atoms with Crippen molar-refractivity contribution in [2.75, 3.05) is 0 Å². The molecule has 1 amide bonds. The highest BCUT2D eigenvalue weighted by Crippen LogP contribution is 2.40. The first-order valence-corrected chi connectivity index (χ1v) is 8.71. The molecule has 2 N–H and O–H groups in total. The second-order valence-electron chi connectivity index (χ2n) is 6.47. The predicted octanol–water partition coefficient (Wildman–Crippen LogP) is 3.61. The van der Waals surface area contributed by atoms with Gasteiger partial charge in [0.2, 0.25) is 0 Å². The van der Waals surface area contributed by atoms with E-state index in [2.05, 4.69) is 0 Å². The number of carbonyl (C=O) groups excluding carboxylic acids is 2. The van der Waals surface area contributed by atoms with Crippen LogP contribution in [0.4, 0.5) is 0 Å². The monoisotopic (exact) mass is 375 g/mol. The smallest absolute Gasteiger partial charge is 0.296 e. The van der Waals surface area contributed by atoms with Crippen molar-refractivity contribution in [3.05, 3.63) is 95.5 Å². The topological polar surface area (TPSA) is 91.0 Å². The number of aliphatic hydroxyl groups is 1. The third-order valence-electron chi connectivity index (χ3n) is 4.68. The predicted molar refractivity (Wildman–Crippen MR) is 101 cm³/mol. The molecular weight excluding hydrogens is 358 g/mol. The van der Waals surface area contributed by atoms with Crippen LogP contribution in [0.1, 0.15) is 22.9 Å². The molecule has 3 aromatic rings. The van der Waals surface area contributed by atoms with E-state index in [1.165, 1.54) is 23.3 Å². The molecule has 6 heteroatoms. The summed E-state index contributed by atoms with van der Waals surface area (Å²) in [5.74, 6) is -1.26. The number of amides is 1. The summed E-state index contributed by atoms with van der Waals surface area (Å²) in [5.41, 5.74) is 0.931. The van der Waals surface area contributed by atoms with Gasteiger partial charge in [0.25, 0.3) is 11.7 Å². The molecule has 4 rings (SSSR count). The lowest BCUT2D eigenvalue weighted by Gasteiger charge is -2.24. The van der Waals surface area contributed by atoms with Crippen LogP contribution >= 0.6 is 0 Å². The fourth-order valence-electron chi connectivity index (χ4n) is 3.41. The Hall–Kier alpha value is -3.80. The molecule has 1 atom stereocenters. The number of furan rings is 1. The first-order chi connectivity index (χ1) is 13.6. The number of rotatable bonds is 4. The maximum Gasteiger partial charge on any atom is 0.296 e. The number of ketones is 1. The van der Waals surface area contributed by atoms with Gasteiger partial charge in [0.15, 0.2) is 0 Å². The molecule has 0 aliphatic carbocycles. The maximum absolute atomic E-state index is 12.8. The number of benzene rings is 2. The van der Waals surface area contributed by atoms with Crippen molar-refractivity contribution < 1.29 is 24.2 Å². The van der Waals surface area contributed by atoms with Gasteiger partial charge in [-0.3, -0.25) is 9.59 Å². The SMILES string of the molecule is O=C1C(=O)N(Cc2ccco2)[C@H](c2cccc(O)c2)/C1=C(\O)c1ccccc1. The van der Waals surface area contributed by atoms with Crippen molar-refractivity contribution in [1.82, 2.24) is 4.90 Å². The second kappa shape index (κ2) is 7.08. The van der Waals surface area contributed by atoms with Gasteiger partial charge < -0.3 is 19.5 Å². The molecule has 1 fully saturated rings. The fourth-order valence-corrected chi connectivity index (χ4v) is 3.41. The number of carbonyl (C=O) groups is 2. The molecule has 0 spiro atoms. The van der Waals surface area contributed by atoms with Gasteiger partial charge in [-0.15, -0.1) is 0 Å². The van der Waals surface area contributed by atoms with Crippen LogP contribution in [0.15, 0.2) is 83.0 Å². The number of hydrogen-bond acceptors (Lipinski definition) is 5. The van der Waals surface area contributed by atoms with Gasteiger partial charge in [0.05, 0.1) is 24.4 Å². The summed E-state index contributed by atoms with van der Waals surface area (Å²) in [6, 6.07) is 17.4. The minimum Gasteiger partial charge on any atom is -0.508 e. The molecule has 0 saturated carbocycles. The minimum atomic E-state index is -0.850. The van der Waals surface area contributed by atoms with Crippen LogP contribution in [-0.4, -0.2) is 26.8 Å². The standard InChI is InChI=1S/C22H17NO5/c24-16-9-4-8-15(12-16)19-18(20(25)14-6-2-1-3-7-14)21(26)22(27)23(19)13-17-10-5-11-28-17/h1-12,19,24-25H,13H2/b20-18+/t19-/m1/s1. The van der Waals surface area contributed by atoms with Gasteiger partial charge in [-0.05, 0) is 29.8 Å². The van der Waals surface area contributed by atoms with E-state index in [4.69, 9.17) is 4.42 Å². The van der Waals surface area contributed by atoms with E-state index in [1.807, 2.05) is 0 Å². The number of aromatic hydroxyl groups is 1. The zero-order valence-corrected chi connectivity index (χ0v) is 14.8. The number of hydrogen-bond donors (Lipinski definition) is 2. The Morgan fingerprint density at radius 2 is 1.79 bits per heavy atom. The van der Waals surface area contributed by atoms with Gasteiger partial charge in [0.1, 0.15) is 17.3 Å². The summed E-state index contributed by atoms with van der Waals surface area (Å²) < 4.78 is 5.33.